The van der Waals surface area contributed by atoms with Crippen molar-refractivity contribution in [1.82, 2.24) is 0 Å². The van der Waals surface area contributed by atoms with Gasteiger partial charge >= 0.3 is 0 Å². The second-order valence-corrected chi connectivity index (χ2v) is 5.85. The van der Waals surface area contributed by atoms with Gasteiger partial charge in [0, 0.05) is 15.4 Å². The van der Waals surface area contributed by atoms with Crippen molar-refractivity contribution >= 4 is 10.2 Å². The Morgan fingerprint density at radius 1 is 1.33 bits per heavy atom. The molecule has 0 radical (unpaired) electrons. The molecule has 1 rings (SSSR count). The van der Waals surface area contributed by atoms with Gasteiger partial charge in [0.15, 0.2) is 0 Å². The van der Waals surface area contributed by atoms with Crippen LogP contribution in [0.2, 0.25) is 0 Å². The molecule has 1 aromatic rings. The molecule has 0 aliphatic rings. The fourth-order valence-corrected chi connectivity index (χ4v) is 1.50. The zero-order chi connectivity index (χ0) is 9.19. The van der Waals surface area contributed by atoms with Crippen LogP contribution in [0.15, 0.2) is 24.3 Å². The Morgan fingerprint density at radius 3 is 2.17 bits per heavy atom. The highest BCUT2D eigenvalue weighted by atomic mass is 28.1. The Morgan fingerprint density at radius 2 is 1.83 bits per heavy atom. The highest BCUT2D eigenvalue weighted by Crippen LogP contribution is 2.14. The summed E-state index contributed by atoms with van der Waals surface area (Å²) in [5.41, 5.74) is 8.65. The molecule has 1 nitrogen and oxygen atoms in total. The van der Waals surface area contributed by atoms with Crippen molar-refractivity contribution in [2.24, 2.45) is 5.73 Å². The molecule has 0 amide bonds. The molecule has 0 saturated heterocycles. The summed E-state index contributed by atoms with van der Waals surface area (Å²) < 4.78 is 0. The zero-order valence-corrected chi connectivity index (χ0v) is 10.1. The van der Waals surface area contributed by atoms with Crippen LogP contribution in [0.5, 0.6) is 0 Å². The summed E-state index contributed by atoms with van der Waals surface area (Å²) in [6, 6.07) is 8.62. The van der Waals surface area contributed by atoms with E-state index in [1.165, 1.54) is 11.1 Å². The fraction of sp³-hybridized carbons (Fsp3) is 0.400. The highest BCUT2D eigenvalue weighted by molar-refractivity contribution is 6.15. The van der Waals surface area contributed by atoms with E-state index < -0.39 is 0 Å². The van der Waals surface area contributed by atoms with Gasteiger partial charge < -0.3 is 5.73 Å². The van der Waals surface area contributed by atoms with E-state index in [-0.39, 0.29) is 5.16 Å². The van der Waals surface area contributed by atoms with Crippen molar-refractivity contribution < 1.29 is 0 Å². The first kappa shape index (κ1) is 9.48. The van der Waals surface area contributed by atoms with E-state index >= 15 is 0 Å². The Bertz CT molecular complexity index is 246. The molecule has 0 aliphatic carbocycles. The van der Waals surface area contributed by atoms with Crippen molar-refractivity contribution in [3.8, 4) is 0 Å². The maximum absolute atomic E-state index is 6.01. The van der Waals surface area contributed by atoms with Gasteiger partial charge in [0.25, 0.3) is 0 Å². The van der Waals surface area contributed by atoms with Crippen LogP contribution in [-0.4, -0.2) is 10.2 Å². The van der Waals surface area contributed by atoms with E-state index in [4.69, 9.17) is 5.73 Å². The summed E-state index contributed by atoms with van der Waals surface area (Å²) in [7, 11) is 0.993. The van der Waals surface area contributed by atoms with Crippen LogP contribution in [0.3, 0.4) is 0 Å². The lowest BCUT2D eigenvalue weighted by molar-refractivity contribution is 0.719. The summed E-state index contributed by atoms with van der Waals surface area (Å²) in [6.45, 7) is 4.25. The summed E-state index contributed by atoms with van der Waals surface area (Å²) in [5, 5.41) is -0.0771. The molecular formula is C10H17NSi. The van der Waals surface area contributed by atoms with E-state index in [0.717, 1.165) is 16.7 Å². The third-order valence-electron chi connectivity index (χ3n) is 2.11. The van der Waals surface area contributed by atoms with Crippen molar-refractivity contribution in [1.29, 1.82) is 0 Å². The average molecular weight is 179 g/mol. The van der Waals surface area contributed by atoms with Crippen molar-refractivity contribution in [3.05, 3.63) is 35.4 Å². The molecule has 0 heterocycles. The smallest absolute Gasteiger partial charge is 0.0331 e. The molecule has 1 unspecified atom stereocenters. The molecular weight excluding hydrogens is 162 g/mol. The summed E-state index contributed by atoms with van der Waals surface area (Å²) in [4.78, 5) is 0. The van der Waals surface area contributed by atoms with E-state index in [2.05, 4.69) is 38.1 Å². The topological polar surface area (TPSA) is 26.0 Å². The second kappa shape index (κ2) is 3.41. The predicted octanol–water partition coefficient (Wildman–Crippen LogP) is 0.746. The molecule has 2 heteroatoms. The van der Waals surface area contributed by atoms with Crippen LogP contribution in [0.1, 0.15) is 25.0 Å². The molecule has 66 valence electrons. The second-order valence-electron chi connectivity index (χ2n) is 3.77. The monoisotopic (exact) mass is 179 g/mol. The first-order valence-corrected chi connectivity index (χ1v) is 5.42. The van der Waals surface area contributed by atoms with Crippen molar-refractivity contribution in [2.75, 3.05) is 0 Å². The summed E-state index contributed by atoms with van der Waals surface area (Å²) >= 11 is 0. The molecule has 0 spiro atoms. The summed E-state index contributed by atoms with van der Waals surface area (Å²) in [6.07, 6.45) is 1.10. The van der Waals surface area contributed by atoms with Gasteiger partial charge in [0.1, 0.15) is 0 Å². The minimum absolute atomic E-state index is 0.0771. The maximum Gasteiger partial charge on any atom is 0.0331 e. The van der Waals surface area contributed by atoms with Gasteiger partial charge in [-0.3, -0.25) is 0 Å². The number of rotatable bonds is 2. The first-order valence-electron chi connectivity index (χ1n) is 4.42. The average Bonchev–Trinajstić information content (AvgIpc) is 2.03. The van der Waals surface area contributed by atoms with Crippen molar-refractivity contribution in [3.63, 3.8) is 0 Å². The van der Waals surface area contributed by atoms with Gasteiger partial charge in [-0.15, -0.1) is 0 Å². The maximum atomic E-state index is 6.01. The molecule has 12 heavy (non-hydrogen) atoms. The molecule has 2 N–H and O–H groups in total. The lowest BCUT2D eigenvalue weighted by Crippen LogP contribution is -2.32. The van der Waals surface area contributed by atoms with E-state index in [1.807, 2.05) is 0 Å². The summed E-state index contributed by atoms with van der Waals surface area (Å²) in [5.74, 6) is 0. The van der Waals surface area contributed by atoms with Gasteiger partial charge in [0.05, 0.1) is 0 Å². The van der Waals surface area contributed by atoms with E-state index in [0.29, 0.717) is 0 Å². The molecule has 0 aliphatic heterocycles. The molecule has 0 aromatic heterocycles. The predicted molar refractivity (Wildman–Crippen MR) is 57.3 cm³/mol. The quantitative estimate of drug-likeness (QED) is 0.666. The molecule has 0 fully saturated rings. The molecule has 0 bridgehead atoms. The Hall–Kier alpha value is -0.603. The fourth-order valence-electron chi connectivity index (χ4n) is 1.17. The number of nitrogens with two attached hydrogens (primary N) is 1. The van der Waals surface area contributed by atoms with Crippen LogP contribution in [0.4, 0.5) is 0 Å². The van der Waals surface area contributed by atoms with Gasteiger partial charge in [0.2, 0.25) is 0 Å². The SMILES string of the molecule is CCc1ccc(C(C)(N)[SiH3])cc1. The van der Waals surface area contributed by atoms with Crippen LogP contribution < -0.4 is 5.73 Å². The molecule has 0 saturated carbocycles. The third-order valence-corrected chi connectivity index (χ3v) is 2.68. The Balaban J connectivity index is 2.93. The Labute approximate surface area is 77.4 Å². The normalized spacial score (nSPS) is 15.9. The molecule has 1 aromatic carbocycles. The Kier molecular flexibility index (Phi) is 2.70. The zero-order valence-electron chi connectivity index (χ0n) is 8.09. The van der Waals surface area contributed by atoms with Gasteiger partial charge in [-0.1, -0.05) is 31.2 Å². The number of hydrogen-bond donors (Lipinski definition) is 1. The van der Waals surface area contributed by atoms with Crippen LogP contribution in [0.25, 0.3) is 0 Å². The minimum Gasteiger partial charge on any atom is -0.325 e. The number of benzene rings is 1. The first-order chi connectivity index (χ1) is 5.54. The minimum atomic E-state index is -0.0771. The van der Waals surface area contributed by atoms with Crippen LogP contribution >= 0.6 is 0 Å². The molecule has 1 atom stereocenters. The largest absolute Gasteiger partial charge is 0.325 e. The van der Waals surface area contributed by atoms with E-state index in [9.17, 15) is 0 Å². The third kappa shape index (κ3) is 2.19. The van der Waals surface area contributed by atoms with Gasteiger partial charge in [-0.05, 0) is 24.5 Å². The standard InChI is InChI=1S/C10H17NSi/c1-3-8-4-6-9(7-5-8)10(2,11)12/h4-7H,3,11H2,1-2,12H3. The number of hydrogen-bond acceptors (Lipinski definition) is 1. The highest BCUT2D eigenvalue weighted by Gasteiger charge is 2.12. The lowest BCUT2D eigenvalue weighted by atomic mass is 10.1. The lowest BCUT2D eigenvalue weighted by Gasteiger charge is -2.19. The van der Waals surface area contributed by atoms with Gasteiger partial charge in [-0.2, -0.15) is 0 Å². The van der Waals surface area contributed by atoms with Crippen molar-refractivity contribution in [2.45, 2.75) is 25.4 Å². The van der Waals surface area contributed by atoms with Crippen LogP contribution in [0, 0.1) is 0 Å². The number of aryl methyl sites for hydroxylation is 1. The van der Waals surface area contributed by atoms with Crippen LogP contribution in [-0.2, 0) is 11.6 Å². The van der Waals surface area contributed by atoms with Gasteiger partial charge in [-0.25, -0.2) is 0 Å². The van der Waals surface area contributed by atoms with E-state index in [1.54, 1.807) is 0 Å².